The summed E-state index contributed by atoms with van der Waals surface area (Å²) in [6, 6.07) is 12.8. The molecule has 0 saturated heterocycles. The Balaban J connectivity index is 1.70. The van der Waals surface area contributed by atoms with Crippen LogP contribution in [0.3, 0.4) is 0 Å². The van der Waals surface area contributed by atoms with Crippen LogP contribution in [0.2, 0.25) is 0 Å². The van der Waals surface area contributed by atoms with Gasteiger partial charge in [-0.1, -0.05) is 18.2 Å². The van der Waals surface area contributed by atoms with E-state index < -0.39 is 10.0 Å². The van der Waals surface area contributed by atoms with E-state index in [1.165, 1.54) is 24.5 Å². The van der Waals surface area contributed by atoms with Crippen LogP contribution >= 0.6 is 0 Å². The number of aryl methyl sites for hydroxylation is 1. The summed E-state index contributed by atoms with van der Waals surface area (Å²) >= 11 is 0. The molecule has 0 amide bonds. The molecular weight excluding hydrogens is 369 g/mol. The summed E-state index contributed by atoms with van der Waals surface area (Å²) in [5, 5.41) is 11.2. The van der Waals surface area contributed by atoms with E-state index in [0.29, 0.717) is 29.4 Å². The third-order valence-electron chi connectivity index (χ3n) is 3.81. The van der Waals surface area contributed by atoms with Gasteiger partial charge in [0.2, 0.25) is 10.0 Å². The van der Waals surface area contributed by atoms with Crippen LogP contribution in [0.15, 0.2) is 59.8 Å². The molecule has 2 aromatic carbocycles. The molecule has 3 aromatic rings. The van der Waals surface area contributed by atoms with Crippen molar-refractivity contribution >= 4 is 27.3 Å². The SMILES string of the molecule is Cc1ccc(Nc2cc(NCc3cccc(S(N)(=O)=O)c3)ncn2)cc1F. The standard InChI is InChI=1S/C18H18FN5O2S/c1-12-5-6-14(8-16(12)19)24-18-9-17(22-11-23-18)21-10-13-3-2-4-15(7-13)27(20,25)26/h2-9,11H,10H2,1H3,(H2,20,25,26)(H2,21,22,23,24). The topological polar surface area (TPSA) is 110 Å². The average molecular weight is 387 g/mol. The van der Waals surface area contributed by atoms with Gasteiger partial charge in [-0.05, 0) is 42.3 Å². The first-order valence-corrected chi connectivity index (χ1v) is 9.57. The van der Waals surface area contributed by atoms with Gasteiger partial charge in [-0.25, -0.2) is 27.9 Å². The minimum atomic E-state index is -3.75. The Morgan fingerprint density at radius 1 is 1.07 bits per heavy atom. The minimum absolute atomic E-state index is 0.0493. The zero-order valence-corrected chi connectivity index (χ0v) is 15.3. The van der Waals surface area contributed by atoms with Gasteiger partial charge in [-0.2, -0.15) is 0 Å². The molecule has 0 saturated carbocycles. The lowest BCUT2D eigenvalue weighted by Crippen LogP contribution is -2.12. The minimum Gasteiger partial charge on any atom is -0.366 e. The highest BCUT2D eigenvalue weighted by molar-refractivity contribution is 7.89. The van der Waals surface area contributed by atoms with E-state index in [9.17, 15) is 12.8 Å². The van der Waals surface area contributed by atoms with Gasteiger partial charge in [0.1, 0.15) is 23.8 Å². The Bertz CT molecular complexity index is 1070. The molecule has 1 heterocycles. The molecule has 0 radical (unpaired) electrons. The summed E-state index contributed by atoms with van der Waals surface area (Å²) in [5.41, 5.74) is 1.87. The summed E-state index contributed by atoms with van der Waals surface area (Å²) in [6.07, 6.45) is 1.37. The first kappa shape index (κ1) is 18.7. The van der Waals surface area contributed by atoms with E-state index >= 15 is 0 Å². The second-order valence-corrected chi connectivity index (χ2v) is 7.48. The highest BCUT2D eigenvalue weighted by Crippen LogP contribution is 2.19. The van der Waals surface area contributed by atoms with Gasteiger partial charge in [0.25, 0.3) is 0 Å². The van der Waals surface area contributed by atoms with Crippen molar-refractivity contribution in [2.45, 2.75) is 18.4 Å². The van der Waals surface area contributed by atoms with E-state index in [1.54, 1.807) is 37.3 Å². The fourth-order valence-corrected chi connectivity index (χ4v) is 2.95. The highest BCUT2D eigenvalue weighted by Gasteiger charge is 2.08. The second-order valence-electron chi connectivity index (χ2n) is 5.92. The molecule has 9 heteroatoms. The molecule has 140 valence electrons. The molecule has 0 aliphatic rings. The van der Waals surface area contributed by atoms with Gasteiger partial charge in [0, 0.05) is 18.3 Å². The number of benzene rings is 2. The number of nitrogens with zero attached hydrogens (tertiary/aromatic N) is 2. The maximum atomic E-state index is 13.6. The third kappa shape index (κ3) is 4.99. The van der Waals surface area contributed by atoms with Crippen molar-refractivity contribution in [2.24, 2.45) is 5.14 Å². The van der Waals surface area contributed by atoms with E-state index in [1.807, 2.05) is 0 Å². The number of nitrogens with two attached hydrogens (primary N) is 1. The van der Waals surface area contributed by atoms with Crippen LogP contribution in [0.5, 0.6) is 0 Å². The molecule has 0 aliphatic heterocycles. The largest absolute Gasteiger partial charge is 0.366 e. The van der Waals surface area contributed by atoms with Crippen LogP contribution in [-0.4, -0.2) is 18.4 Å². The summed E-state index contributed by atoms with van der Waals surface area (Å²) in [7, 11) is -3.75. The number of halogens is 1. The Labute approximate surface area is 156 Å². The zero-order chi connectivity index (χ0) is 19.4. The van der Waals surface area contributed by atoms with Gasteiger partial charge in [0.15, 0.2) is 0 Å². The van der Waals surface area contributed by atoms with Gasteiger partial charge in [-0.3, -0.25) is 0 Å². The molecule has 0 spiro atoms. The average Bonchev–Trinajstić information content (AvgIpc) is 2.63. The number of hydrogen-bond donors (Lipinski definition) is 3. The quantitative estimate of drug-likeness (QED) is 0.600. The van der Waals surface area contributed by atoms with Gasteiger partial charge in [0.05, 0.1) is 4.90 Å². The number of sulfonamides is 1. The molecular formula is C18H18FN5O2S. The van der Waals surface area contributed by atoms with Crippen molar-refractivity contribution < 1.29 is 12.8 Å². The molecule has 1 aromatic heterocycles. The van der Waals surface area contributed by atoms with E-state index in [2.05, 4.69) is 20.6 Å². The van der Waals surface area contributed by atoms with Crippen LogP contribution in [0, 0.1) is 12.7 Å². The lowest BCUT2D eigenvalue weighted by molar-refractivity contribution is 0.597. The van der Waals surface area contributed by atoms with Gasteiger partial charge < -0.3 is 10.6 Å². The highest BCUT2D eigenvalue weighted by atomic mass is 32.2. The van der Waals surface area contributed by atoms with Crippen molar-refractivity contribution in [3.63, 3.8) is 0 Å². The van der Waals surface area contributed by atoms with Crippen molar-refractivity contribution in [1.29, 1.82) is 0 Å². The number of aromatic nitrogens is 2. The van der Waals surface area contributed by atoms with Crippen molar-refractivity contribution in [2.75, 3.05) is 10.6 Å². The molecule has 0 unspecified atom stereocenters. The molecule has 0 aliphatic carbocycles. The maximum Gasteiger partial charge on any atom is 0.238 e. The van der Waals surface area contributed by atoms with E-state index in [4.69, 9.17) is 5.14 Å². The zero-order valence-electron chi connectivity index (χ0n) is 14.5. The van der Waals surface area contributed by atoms with Gasteiger partial charge in [-0.15, -0.1) is 0 Å². The van der Waals surface area contributed by atoms with Crippen LogP contribution < -0.4 is 15.8 Å². The first-order chi connectivity index (χ1) is 12.8. The molecule has 3 rings (SSSR count). The fourth-order valence-electron chi connectivity index (χ4n) is 2.37. The van der Waals surface area contributed by atoms with Crippen molar-refractivity contribution in [3.8, 4) is 0 Å². The molecule has 0 bridgehead atoms. The van der Waals surface area contributed by atoms with Crippen LogP contribution in [0.4, 0.5) is 21.7 Å². The Kier molecular flexibility index (Phi) is 5.33. The third-order valence-corrected chi connectivity index (χ3v) is 4.72. The summed E-state index contributed by atoms with van der Waals surface area (Å²) < 4.78 is 36.5. The van der Waals surface area contributed by atoms with E-state index in [-0.39, 0.29) is 10.7 Å². The fraction of sp³-hybridized carbons (Fsp3) is 0.111. The van der Waals surface area contributed by atoms with Crippen LogP contribution in [0.25, 0.3) is 0 Å². The number of rotatable bonds is 6. The Morgan fingerprint density at radius 3 is 2.59 bits per heavy atom. The predicted molar refractivity (Wildman–Crippen MR) is 102 cm³/mol. The van der Waals surface area contributed by atoms with Gasteiger partial charge >= 0.3 is 0 Å². The number of hydrogen-bond acceptors (Lipinski definition) is 6. The lowest BCUT2D eigenvalue weighted by Gasteiger charge is -2.10. The summed E-state index contributed by atoms with van der Waals surface area (Å²) in [6.45, 7) is 2.04. The monoisotopic (exact) mass is 387 g/mol. The number of nitrogens with one attached hydrogen (secondary N) is 2. The maximum absolute atomic E-state index is 13.6. The summed E-state index contributed by atoms with van der Waals surface area (Å²) in [5.74, 6) is 0.720. The Hall–Kier alpha value is -3.04. The number of anilines is 3. The lowest BCUT2D eigenvalue weighted by atomic mass is 10.2. The Morgan fingerprint density at radius 2 is 1.85 bits per heavy atom. The summed E-state index contributed by atoms with van der Waals surface area (Å²) in [4.78, 5) is 8.28. The molecule has 7 nitrogen and oxygen atoms in total. The smallest absolute Gasteiger partial charge is 0.238 e. The van der Waals surface area contributed by atoms with Crippen molar-refractivity contribution in [1.82, 2.24) is 9.97 Å². The predicted octanol–water partition coefficient (Wildman–Crippen LogP) is 2.93. The van der Waals surface area contributed by atoms with E-state index in [0.717, 1.165) is 5.56 Å². The first-order valence-electron chi connectivity index (χ1n) is 8.02. The van der Waals surface area contributed by atoms with Crippen LogP contribution in [0.1, 0.15) is 11.1 Å². The molecule has 0 fully saturated rings. The van der Waals surface area contributed by atoms with Crippen molar-refractivity contribution in [3.05, 3.63) is 71.8 Å². The number of primary sulfonamides is 1. The second kappa shape index (κ2) is 7.68. The van der Waals surface area contributed by atoms with Crippen LogP contribution in [-0.2, 0) is 16.6 Å². The normalized spacial score (nSPS) is 11.2. The molecule has 0 atom stereocenters. The molecule has 27 heavy (non-hydrogen) atoms. The molecule has 4 N–H and O–H groups in total.